The van der Waals surface area contributed by atoms with Gasteiger partial charge in [0, 0.05) is 6.04 Å². The first kappa shape index (κ1) is 14.5. The van der Waals surface area contributed by atoms with E-state index in [-0.39, 0.29) is 0 Å². The molecule has 1 aliphatic carbocycles. The van der Waals surface area contributed by atoms with E-state index in [0.717, 1.165) is 25.5 Å². The van der Waals surface area contributed by atoms with E-state index in [9.17, 15) is 0 Å². The van der Waals surface area contributed by atoms with Gasteiger partial charge in [0.2, 0.25) is 0 Å². The Morgan fingerprint density at radius 1 is 1.35 bits per heavy atom. The Balaban J connectivity index is 2.20. The average Bonchev–Trinajstić information content (AvgIpc) is 2.30. The van der Waals surface area contributed by atoms with Gasteiger partial charge in [0.25, 0.3) is 0 Å². The lowest BCUT2D eigenvalue weighted by molar-refractivity contribution is 0.107. The second-order valence-corrected chi connectivity index (χ2v) is 5.54. The molecule has 1 fully saturated rings. The van der Waals surface area contributed by atoms with E-state index >= 15 is 0 Å². The highest BCUT2D eigenvalue weighted by Crippen LogP contribution is 2.19. The normalized spacial score (nSPS) is 22.6. The molecule has 0 N–H and O–H groups in total. The molecule has 0 spiro atoms. The fourth-order valence-electron chi connectivity index (χ4n) is 2.38. The van der Waals surface area contributed by atoms with Crippen LogP contribution in [0, 0.1) is 5.92 Å². The molecule has 0 bridgehead atoms. The molecule has 0 aromatic carbocycles. The van der Waals surface area contributed by atoms with Crippen LogP contribution >= 0.6 is 0 Å². The highest BCUT2D eigenvalue weighted by molar-refractivity contribution is 5.84. The summed E-state index contributed by atoms with van der Waals surface area (Å²) in [4.78, 5) is 7.78. The van der Waals surface area contributed by atoms with Crippen LogP contribution in [0.3, 0.4) is 0 Å². The molecule has 1 rings (SSSR count). The maximum Gasteiger partial charge on any atom is 0.119 e. The fourth-order valence-corrected chi connectivity index (χ4v) is 2.38. The van der Waals surface area contributed by atoms with Gasteiger partial charge in [-0.3, -0.25) is 0 Å². The highest BCUT2D eigenvalue weighted by Gasteiger charge is 2.19. The zero-order chi connectivity index (χ0) is 12.7. The predicted molar refractivity (Wildman–Crippen MR) is 73.4 cm³/mol. The lowest BCUT2D eigenvalue weighted by Gasteiger charge is -2.28. The van der Waals surface area contributed by atoms with Crippen molar-refractivity contribution in [2.75, 3.05) is 20.7 Å². The molecule has 0 radical (unpaired) electrons. The first-order valence-electron chi connectivity index (χ1n) is 6.97. The summed E-state index contributed by atoms with van der Waals surface area (Å²) in [6, 6.07) is 0.730. The van der Waals surface area contributed by atoms with Gasteiger partial charge < -0.3 is 9.74 Å². The second-order valence-electron chi connectivity index (χ2n) is 5.54. The third-order valence-corrected chi connectivity index (χ3v) is 3.60. The highest BCUT2D eigenvalue weighted by atomic mass is 16.6. The maximum absolute atomic E-state index is 5.46. The molecule has 1 unspecified atom stereocenters. The number of hydrogen-bond donors (Lipinski definition) is 0. The molecule has 1 atom stereocenters. The molecule has 17 heavy (non-hydrogen) atoms. The second kappa shape index (κ2) is 7.70. The van der Waals surface area contributed by atoms with Crippen molar-refractivity contribution < 1.29 is 4.84 Å². The Kier molecular flexibility index (Phi) is 6.56. The zero-order valence-corrected chi connectivity index (χ0v) is 11.9. The Morgan fingerprint density at radius 2 is 2.00 bits per heavy atom. The van der Waals surface area contributed by atoms with Crippen molar-refractivity contribution in [1.29, 1.82) is 0 Å². The van der Waals surface area contributed by atoms with Gasteiger partial charge in [0.15, 0.2) is 0 Å². The average molecular weight is 240 g/mol. The summed E-state index contributed by atoms with van der Waals surface area (Å²) in [5, 5.41) is 4.30. The quantitative estimate of drug-likeness (QED) is 0.665. The SMILES string of the molecule is CCCC(C)CON=C1CCC(N(C)C)CC1. The monoisotopic (exact) mass is 240 g/mol. The van der Waals surface area contributed by atoms with Crippen molar-refractivity contribution >= 4 is 5.71 Å². The van der Waals surface area contributed by atoms with Gasteiger partial charge in [-0.2, -0.15) is 0 Å². The van der Waals surface area contributed by atoms with E-state index in [1.165, 1.54) is 31.4 Å². The summed E-state index contributed by atoms with van der Waals surface area (Å²) in [5.74, 6) is 0.627. The molecule has 0 aromatic heterocycles. The Bertz CT molecular complexity index is 228. The van der Waals surface area contributed by atoms with Crippen molar-refractivity contribution in [2.45, 2.75) is 58.4 Å². The van der Waals surface area contributed by atoms with Gasteiger partial charge in [0.05, 0.1) is 5.71 Å². The summed E-state index contributed by atoms with van der Waals surface area (Å²) in [6.45, 7) is 5.21. The number of hydrogen-bond acceptors (Lipinski definition) is 3. The Labute approximate surface area is 106 Å². The van der Waals surface area contributed by atoms with Gasteiger partial charge in [-0.1, -0.05) is 25.4 Å². The van der Waals surface area contributed by atoms with Crippen LogP contribution in [0.1, 0.15) is 52.4 Å². The minimum Gasteiger partial charge on any atom is -0.396 e. The van der Waals surface area contributed by atoms with Crippen LogP contribution in [-0.2, 0) is 4.84 Å². The van der Waals surface area contributed by atoms with Crippen LogP contribution in [0.5, 0.6) is 0 Å². The largest absolute Gasteiger partial charge is 0.396 e. The topological polar surface area (TPSA) is 24.8 Å². The zero-order valence-electron chi connectivity index (χ0n) is 11.9. The van der Waals surface area contributed by atoms with E-state index < -0.39 is 0 Å². The third kappa shape index (κ3) is 5.53. The standard InChI is InChI=1S/C14H28N2O/c1-5-6-12(2)11-17-15-13-7-9-14(10-8-13)16(3)4/h12,14H,5-11H2,1-4H3. The minimum absolute atomic E-state index is 0.627. The first-order valence-corrected chi connectivity index (χ1v) is 6.97. The fraction of sp³-hybridized carbons (Fsp3) is 0.929. The van der Waals surface area contributed by atoms with Crippen molar-refractivity contribution in [3.8, 4) is 0 Å². The summed E-state index contributed by atoms with van der Waals surface area (Å²) in [7, 11) is 4.32. The van der Waals surface area contributed by atoms with Crippen LogP contribution in [0.15, 0.2) is 5.16 Å². The molecule has 1 saturated carbocycles. The molecule has 3 heteroatoms. The number of rotatable bonds is 6. The molecule has 0 saturated heterocycles. The molecule has 3 nitrogen and oxygen atoms in total. The minimum atomic E-state index is 0.627. The van der Waals surface area contributed by atoms with Gasteiger partial charge in [0.1, 0.15) is 6.61 Å². The van der Waals surface area contributed by atoms with E-state index in [0.29, 0.717) is 5.92 Å². The molecule has 0 aliphatic heterocycles. The van der Waals surface area contributed by atoms with Gasteiger partial charge >= 0.3 is 0 Å². The predicted octanol–water partition coefficient (Wildman–Crippen LogP) is 3.30. The van der Waals surface area contributed by atoms with Crippen molar-refractivity contribution in [1.82, 2.24) is 4.90 Å². The van der Waals surface area contributed by atoms with Crippen molar-refractivity contribution in [3.63, 3.8) is 0 Å². The van der Waals surface area contributed by atoms with Gasteiger partial charge in [-0.15, -0.1) is 0 Å². The van der Waals surface area contributed by atoms with Crippen LogP contribution < -0.4 is 0 Å². The summed E-state index contributed by atoms with van der Waals surface area (Å²) in [6.07, 6.45) is 7.11. The molecular formula is C14H28N2O. The van der Waals surface area contributed by atoms with Crippen molar-refractivity contribution in [2.24, 2.45) is 11.1 Å². The summed E-state index contributed by atoms with van der Waals surface area (Å²) in [5.41, 5.74) is 1.26. The van der Waals surface area contributed by atoms with E-state index in [4.69, 9.17) is 4.84 Å². The van der Waals surface area contributed by atoms with Gasteiger partial charge in [-0.05, 0) is 52.1 Å². The number of nitrogens with zero attached hydrogens (tertiary/aromatic N) is 2. The van der Waals surface area contributed by atoms with Crippen LogP contribution in [0.2, 0.25) is 0 Å². The van der Waals surface area contributed by atoms with E-state index in [1.54, 1.807) is 0 Å². The van der Waals surface area contributed by atoms with E-state index in [1.807, 2.05) is 0 Å². The maximum atomic E-state index is 5.46. The number of oxime groups is 1. The molecule has 0 heterocycles. The molecule has 1 aliphatic rings. The molecule has 100 valence electrons. The lowest BCUT2D eigenvalue weighted by Crippen LogP contribution is -2.32. The summed E-state index contributed by atoms with van der Waals surface area (Å²) >= 11 is 0. The Morgan fingerprint density at radius 3 is 2.53 bits per heavy atom. The van der Waals surface area contributed by atoms with Crippen molar-refractivity contribution in [3.05, 3.63) is 0 Å². The van der Waals surface area contributed by atoms with Crippen LogP contribution in [0.25, 0.3) is 0 Å². The molecule has 0 amide bonds. The molecule has 0 aromatic rings. The smallest absolute Gasteiger partial charge is 0.119 e. The first-order chi connectivity index (χ1) is 8.13. The Hall–Kier alpha value is -0.570. The molecular weight excluding hydrogens is 212 g/mol. The van der Waals surface area contributed by atoms with E-state index in [2.05, 4.69) is 38.0 Å². The summed E-state index contributed by atoms with van der Waals surface area (Å²) < 4.78 is 0. The lowest BCUT2D eigenvalue weighted by atomic mass is 9.93. The van der Waals surface area contributed by atoms with Crippen LogP contribution in [0.4, 0.5) is 0 Å². The van der Waals surface area contributed by atoms with Gasteiger partial charge in [-0.25, -0.2) is 0 Å². The van der Waals surface area contributed by atoms with Crippen LogP contribution in [-0.4, -0.2) is 37.4 Å². The third-order valence-electron chi connectivity index (χ3n) is 3.60.